The van der Waals surface area contributed by atoms with Crippen molar-refractivity contribution in [3.63, 3.8) is 0 Å². The maximum absolute atomic E-state index is 14.3. The Morgan fingerprint density at radius 2 is 1.96 bits per heavy atom. The van der Waals surface area contributed by atoms with Crippen LogP contribution in [-0.2, 0) is 9.53 Å². The number of anilines is 2. The molecule has 2 heterocycles. The third kappa shape index (κ3) is 2.64. The molecule has 8 heteroatoms. The van der Waals surface area contributed by atoms with E-state index in [2.05, 4.69) is 6.92 Å². The summed E-state index contributed by atoms with van der Waals surface area (Å²) in [6, 6.07) is 0.733. The molecule has 2 aliphatic heterocycles. The Balaban J connectivity index is 2.02. The summed E-state index contributed by atoms with van der Waals surface area (Å²) in [4.78, 5) is 24.6. The van der Waals surface area contributed by atoms with Gasteiger partial charge in [-0.25, -0.2) is 18.0 Å². The molecule has 1 atom stereocenters. The summed E-state index contributed by atoms with van der Waals surface area (Å²) >= 11 is 0. The van der Waals surface area contributed by atoms with Gasteiger partial charge in [0.25, 0.3) is 0 Å². The lowest BCUT2D eigenvalue weighted by Gasteiger charge is -2.25. The van der Waals surface area contributed by atoms with Crippen molar-refractivity contribution in [3.8, 4) is 0 Å². The molecule has 0 saturated carbocycles. The fourth-order valence-corrected chi connectivity index (χ4v) is 2.50. The van der Waals surface area contributed by atoms with Crippen molar-refractivity contribution in [1.29, 1.82) is 0 Å². The van der Waals surface area contributed by atoms with E-state index in [-0.39, 0.29) is 25.3 Å². The molecule has 1 radical (unpaired) electrons. The first kappa shape index (κ1) is 15.4. The molecule has 3 rings (SSSR count). The summed E-state index contributed by atoms with van der Waals surface area (Å²) in [5.41, 5.74) is -1.15. The molecule has 1 unspecified atom stereocenters. The number of rotatable bonds is 2. The third-order valence-electron chi connectivity index (χ3n) is 3.61. The van der Waals surface area contributed by atoms with Crippen LogP contribution in [0.1, 0.15) is 6.42 Å². The Hall–Kier alpha value is -2.51. The largest absolute Gasteiger partial charge is 0.444 e. The SMILES string of the molecule is [CH2]C1CN(c2cc(F)c(N3C=CC(=O)CC3)c(F)c2F)C(=O)O1. The lowest BCUT2D eigenvalue weighted by Crippen LogP contribution is -2.29. The van der Waals surface area contributed by atoms with Crippen molar-refractivity contribution in [1.82, 2.24) is 0 Å². The van der Waals surface area contributed by atoms with Gasteiger partial charge in [0.15, 0.2) is 23.2 Å². The van der Waals surface area contributed by atoms with Gasteiger partial charge in [-0.1, -0.05) is 0 Å². The quantitative estimate of drug-likeness (QED) is 0.784. The topological polar surface area (TPSA) is 49.9 Å². The molecule has 0 bridgehead atoms. The lowest BCUT2D eigenvalue weighted by molar-refractivity contribution is -0.114. The number of cyclic esters (lactones) is 1. The van der Waals surface area contributed by atoms with E-state index in [0.717, 1.165) is 15.9 Å². The highest BCUT2D eigenvalue weighted by molar-refractivity contribution is 5.92. The highest BCUT2D eigenvalue weighted by atomic mass is 19.2. The molecular weight excluding hydrogens is 313 g/mol. The first-order valence-corrected chi connectivity index (χ1v) is 6.85. The Morgan fingerprint density at radius 1 is 1.22 bits per heavy atom. The van der Waals surface area contributed by atoms with E-state index in [9.17, 15) is 22.8 Å². The minimum absolute atomic E-state index is 0.0364. The number of carbonyl (C=O) groups is 2. The number of hydrogen-bond acceptors (Lipinski definition) is 4. The van der Waals surface area contributed by atoms with Crippen molar-refractivity contribution < 1.29 is 27.5 Å². The molecule has 1 fully saturated rings. The van der Waals surface area contributed by atoms with E-state index in [1.165, 1.54) is 12.3 Å². The number of ketones is 1. The number of ether oxygens (including phenoxy) is 1. The van der Waals surface area contributed by atoms with Gasteiger partial charge in [0.1, 0.15) is 11.8 Å². The number of hydrogen-bond donors (Lipinski definition) is 0. The lowest BCUT2D eigenvalue weighted by atomic mass is 10.1. The van der Waals surface area contributed by atoms with Crippen molar-refractivity contribution in [2.24, 2.45) is 0 Å². The number of amides is 1. The van der Waals surface area contributed by atoms with Crippen molar-refractivity contribution >= 4 is 23.3 Å². The molecule has 0 aromatic heterocycles. The van der Waals surface area contributed by atoms with Crippen LogP contribution in [0.3, 0.4) is 0 Å². The minimum Gasteiger partial charge on any atom is -0.444 e. The second-order valence-electron chi connectivity index (χ2n) is 5.20. The highest BCUT2D eigenvalue weighted by Crippen LogP contribution is 2.34. The van der Waals surface area contributed by atoms with E-state index in [0.29, 0.717) is 0 Å². The molecule has 121 valence electrons. The summed E-state index contributed by atoms with van der Waals surface area (Å²) in [7, 11) is 0. The predicted octanol–water partition coefficient (Wildman–Crippen LogP) is 2.56. The second-order valence-corrected chi connectivity index (χ2v) is 5.20. The van der Waals surface area contributed by atoms with Gasteiger partial charge in [0, 0.05) is 25.2 Å². The van der Waals surface area contributed by atoms with Gasteiger partial charge in [-0.3, -0.25) is 9.69 Å². The number of halogens is 3. The zero-order valence-electron chi connectivity index (χ0n) is 11.9. The maximum Gasteiger partial charge on any atom is 0.414 e. The monoisotopic (exact) mass is 325 g/mol. The van der Waals surface area contributed by atoms with E-state index in [1.807, 2.05) is 0 Å². The number of allylic oxidation sites excluding steroid dienone is 1. The molecule has 2 aliphatic rings. The van der Waals surface area contributed by atoms with Gasteiger partial charge in [0.2, 0.25) is 0 Å². The molecule has 1 aromatic carbocycles. The van der Waals surface area contributed by atoms with E-state index >= 15 is 0 Å². The van der Waals surface area contributed by atoms with Crippen LogP contribution in [0.5, 0.6) is 0 Å². The van der Waals surface area contributed by atoms with Crippen LogP contribution in [0.2, 0.25) is 0 Å². The Kier molecular flexibility index (Phi) is 3.75. The summed E-state index contributed by atoms with van der Waals surface area (Å²) in [5, 5.41) is 0. The first-order chi connectivity index (χ1) is 10.9. The zero-order valence-corrected chi connectivity index (χ0v) is 11.9. The average molecular weight is 325 g/mol. The van der Waals surface area contributed by atoms with Crippen LogP contribution in [0.25, 0.3) is 0 Å². The van der Waals surface area contributed by atoms with Crippen LogP contribution in [0.4, 0.5) is 29.3 Å². The standard InChI is InChI=1S/C15H12F3N2O3/c1-8-7-20(15(22)23-8)11-6-10(16)14(13(18)12(11)17)19-4-2-9(21)3-5-19/h2,4,6,8H,1,3,5,7H2. The Labute approximate surface area is 129 Å². The van der Waals surface area contributed by atoms with Crippen LogP contribution >= 0.6 is 0 Å². The molecule has 1 saturated heterocycles. The molecule has 0 aliphatic carbocycles. The summed E-state index contributed by atoms with van der Waals surface area (Å²) in [5.74, 6) is -4.02. The fourth-order valence-electron chi connectivity index (χ4n) is 2.50. The fraction of sp³-hybridized carbons (Fsp3) is 0.267. The number of carbonyl (C=O) groups excluding carboxylic acids is 2. The van der Waals surface area contributed by atoms with Crippen molar-refractivity contribution in [2.75, 3.05) is 22.9 Å². The second kappa shape index (κ2) is 5.60. The molecule has 23 heavy (non-hydrogen) atoms. The number of benzene rings is 1. The van der Waals surface area contributed by atoms with E-state index in [4.69, 9.17) is 4.74 Å². The average Bonchev–Trinajstić information content (AvgIpc) is 2.83. The zero-order chi connectivity index (χ0) is 16.7. The molecular formula is C15H12F3N2O3. The van der Waals surface area contributed by atoms with E-state index in [1.54, 1.807) is 0 Å². The van der Waals surface area contributed by atoms with Gasteiger partial charge in [-0.05, 0) is 13.0 Å². The van der Waals surface area contributed by atoms with Gasteiger partial charge < -0.3 is 9.64 Å². The van der Waals surface area contributed by atoms with Crippen LogP contribution < -0.4 is 9.80 Å². The summed E-state index contributed by atoms with van der Waals surface area (Å²) in [6.45, 7) is 3.42. The number of nitrogens with zero attached hydrogens (tertiary/aromatic N) is 2. The Morgan fingerprint density at radius 3 is 2.52 bits per heavy atom. The molecule has 1 amide bonds. The van der Waals surface area contributed by atoms with Crippen LogP contribution in [0, 0.1) is 24.4 Å². The van der Waals surface area contributed by atoms with Gasteiger partial charge >= 0.3 is 6.09 Å². The van der Waals surface area contributed by atoms with Crippen LogP contribution in [0.15, 0.2) is 18.3 Å². The summed E-state index contributed by atoms with van der Waals surface area (Å²) in [6.07, 6.45) is 0.769. The molecule has 5 nitrogen and oxygen atoms in total. The highest BCUT2D eigenvalue weighted by Gasteiger charge is 2.34. The summed E-state index contributed by atoms with van der Waals surface area (Å²) < 4.78 is 47.6. The first-order valence-electron chi connectivity index (χ1n) is 6.85. The third-order valence-corrected chi connectivity index (χ3v) is 3.61. The molecule has 0 N–H and O–H groups in total. The van der Waals surface area contributed by atoms with Gasteiger partial charge in [-0.15, -0.1) is 0 Å². The molecule has 1 aromatic rings. The van der Waals surface area contributed by atoms with Gasteiger partial charge in [0.05, 0.1) is 12.2 Å². The van der Waals surface area contributed by atoms with E-state index < -0.39 is 41.0 Å². The molecule has 0 spiro atoms. The smallest absolute Gasteiger partial charge is 0.414 e. The van der Waals surface area contributed by atoms with Crippen molar-refractivity contribution in [2.45, 2.75) is 12.5 Å². The van der Waals surface area contributed by atoms with Crippen molar-refractivity contribution in [3.05, 3.63) is 42.7 Å². The minimum atomic E-state index is -1.43. The predicted molar refractivity (Wildman–Crippen MR) is 75.4 cm³/mol. The van der Waals surface area contributed by atoms with Crippen LogP contribution in [-0.4, -0.2) is 31.1 Å². The van der Waals surface area contributed by atoms with Gasteiger partial charge in [-0.2, -0.15) is 0 Å². The Bertz CT molecular complexity index is 720. The normalized spacial score (nSPS) is 21.1. The maximum atomic E-state index is 14.3.